The highest BCUT2D eigenvalue weighted by atomic mass is 28.3. The lowest BCUT2D eigenvalue weighted by atomic mass is 10.0. The van der Waals surface area contributed by atoms with Crippen molar-refractivity contribution in [2.24, 2.45) is 0 Å². The SMILES string of the molecule is C[Si](C)(C)CCOC(=O)NC(Cc1ccc(C(F)(F)F)cc1)C(=O)O. The van der Waals surface area contributed by atoms with E-state index in [9.17, 15) is 27.9 Å². The highest BCUT2D eigenvalue weighted by molar-refractivity contribution is 6.76. The number of ether oxygens (including phenoxy) is 1. The van der Waals surface area contributed by atoms with E-state index in [-0.39, 0.29) is 13.0 Å². The number of carbonyl (C=O) groups is 2. The molecule has 2 N–H and O–H groups in total. The van der Waals surface area contributed by atoms with Crippen LogP contribution in [0, 0.1) is 0 Å². The Labute approximate surface area is 145 Å². The predicted molar refractivity (Wildman–Crippen MR) is 89.2 cm³/mol. The second kappa shape index (κ2) is 8.37. The molecular weight excluding hydrogens is 355 g/mol. The average Bonchev–Trinajstić information content (AvgIpc) is 2.44. The van der Waals surface area contributed by atoms with E-state index in [1.807, 2.05) is 0 Å². The molecule has 5 nitrogen and oxygen atoms in total. The summed E-state index contributed by atoms with van der Waals surface area (Å²) in [6, 6.07) is 3.60. The van der Waals surface area contributed by atoms with Crippen LogP contribution in [0.5, 0.6) is 0 Å². The molecule has 0 fully saturated rings. The third-order valence-electron chi connectivity index (χ3n) is 3.40. The summed E-state index contributed by atoms with van der Waals surface area (Å²) in [4.78, 5) is 22.9. The fraction of sp³-hybridized carbons (Fsp3) is 0.500. The van der Waals surface area contributed by atoms with Crippen LogP contribution in [0.15, 0.2) is 24.3 Å². The molecule has 140 valence electrons. The molecule has 0 aliphatic heterocycles. The number of hydrogen-bond acceptors (Lipinski definition) is 3. The molecule has 1 rings (SSSR count). The number of carboxylic acids is 1. The van der Waals surface area contributed by atoms with Crippen LogP contribution in [0.2, 0.25) is 25.7 Å². The Morgan fingerprint density at radius 2 is 1.76 bits per heavy atom. The molecule has 0 aromatic heterocycles. The van der Waals surface area contributed by atoms with Crippen molar-refractivity contribution in [3.63, 3.8) is 0 Å². The standard InChI is InChI=1S/C16H22F3NO4Si/c1-25(2,3)9-8-24-15(23)20-13(14(21)22)10-11-4-6-12(7-5-11)16(17,18)19/h4-7,13H,8-10H2,1-3H3,(H,20,23)(H,21,22). The summed E-state index contributed by atoms with van der Waals surface area (Å²) in [5, 5.41) is 11.4. The highest BCUT2D eigenvalue weighted by Gasteiger charge is 2.30. The van der Waals surface area contributed by atoms with Gasteiger partial charge in [0.05, 0.1) is 12.2 Å². The predicted octanol–water partition coefficient (Wildman–Crippen LogP) is 3.77. The quantitative estimate of drug-likeness (QED) is 0.710. The number of alkyl halides is 3. The van der Waals surface area contributed by atoms with Crippen molar-refractivity contribution in [2.45, 2.75) is 44.3 Å². The van der Waals surface area contributed by atoms with Crippen molar-refractivity contribution >= 4 is 20.1 Å². The Hall–Kier alpha value is -2.03. The normalized spacial score (nSPS) is 13.2. The van der Waals surface area contributed by atoms with Crippen LogP contribution in [0.4, 0.5) is 18.0 Å². The van der Waals surface area contributed by atoms with E-state index in [0.29, 0.717) is 5.56 Å². The summed E-state index contributed by atoms with van der Waals surface area (Å²) in [6.45, 7) is 6.53. The summed E-state index contributed by atoms with van der Waals surface area (Å²) in [7, 11) is -1.38. The van der Waals surface area contributed by atoms with Gasteiger partial charge in [-0.05, 0) is 23.7 Å². The number of nitrogens with one attached hydrogen (secondary N) is 1. The third-order valence-corrected chi connectivity index (χ3v) is 5.10. The van der Waals surface area contributed by atoms with E-state index in [1.165, 1.54) is 12.1 Å². The Kier molecular flexibility index (Phi) is 7.03. The molecule has 1 aromatic carbocycles. The van der Waals surface area contributed by atoms with Crippen LogP contribution in [0.1, 0.15) is 11.1 Å². The Balaban J connectivity index is 2.62. The van der Waals surface area contributed by atoms with E-state index < -0.39 is 37.9 Å². The van der Waals surface area contributed by atoms with Gasteiger partial charge in [-0.25, -0.2) is 9.59 Å². The number of alkyl carbamates (subject to hydrolysis) is 1. The molecular formula is C16H22F3NO4Si. The minimum atomic E-state index is -4.46. The molecule has 0 aliphatic rings. The van der Waals surface area contributed by atoms with E-state index in [4.69, 9.17) is 4.74 Å². The molecule has 1 atom stereocenters. The number of aliphatic carboxylic acids is 1. The van der Waals surface area contributed by atoms with Crippen LogP contribution in [-0.4, -0.2) is 37.9 Å². The first-order valence-electron chi connectivity index (χ1n) is 7.71. The van der Waals surface area contributed by atoms with E-state index in [2.05, 4.69) is 25.0 Å². The summed E-state index contributed by atoms with van der Waals surface area (Å²) < 4.78 is 42.5. The van der Waals surface area contributed by atoms with Gasteiger partial charge >= 0.3 is 18.2 Å². The van der Waals surface area contributed by atoms with Gasteiger partial charge in [0.25, 0.3) is 0 Å². The van der Waals surface area contributed by atoms with Crippen LogP contribution in [0.25, 0.3) is 0 Å². The Morgan fingerprint density at radius 3 is 2.20 bits per heavy atom. The number of rotatable bonds is 7. The molecule has 1 amide bonds. The summed E-state index contributed by atoms with van der Waals surface area (Å²) in [5.74, 6) is -1.29. The summed E-state index contributed by atoms with van der Waals surface area (Å²) in [6.07, 6.45) is -5.45. The van der Waals surface area contributed by atoms with Gasteiger partial charge in [-0.2, -0.15) is 13.2 Å². The van der Waals surface area contributed by atoms with E-state index in [0.717, 1.165) is 18.2 Å². The van der Waals surface area contributed by atoms with Gasteiger partial charge in [-0.1, -0.05) is 31.8 Å². The fourth-order valence-electron chi connectivity index (χ4n) is 1.90. The maximum Gasteiger partial charge on any atom is 0.416 e. The molecule has 0 aliphatic carbocycles. The van der Waals surface area contributed by atoms with Gasteiger partial charge in [-0.15, -0.1) is 0 Å². The zero-order valence-corrected chi connectivity index (χ0v) is 15.3. The number of halogens is 3. The Bertz CT molecular complexity index is 597. The molecule has 1 aromatic rings. The number of amides is 1. The van der Waals surface area contributed by atoms with Gasteiger partial charge in [0.15, 0.2) is 0 Å². The van der Waals surface area contributed by atoms with Crippen molar-refractivity contribution in [2.75, 3.05) is 6.61 Å². The highest BCUT2D eigenvalue weighted by Crippen LogP contribution is 2.29. The van der Waals surface area contributed by atoms with Crippen molar-refractivity contribution in [1.29, 1.82) is 0 Å². The molecule has 0 radical (unpaired) electrons. The smallest absolute Gasteiger partial charge is 0.416 e. The molecule has 25 heavy (non-hydrogen) atoms. The largest absolute Gasteiger partial charge is 0.480 e. The first-order valence-corrected chi connectivity index (χ1v) is 11.4. The maximum atomic E-state index is 12.5. The topological polar surface area (TPSA) is 75.6 Å². The van der Waals surface area contributed by atoms with Crippen molar-refractivity contribution in [3.05, 3.63) is 35.4 Å². The Morgan fingerprint density at radius 1 is 1.20 bits per heavy atom. The molecule has 1 unspecified atom stereocenters. The summed E-state index contributed by atoms with van der Waals surface area (Å²) in [5.41, 5.74) is -0.454. The van der Waals surface area contributed by atoms with Crippen molar-refractivity contribution in [1.82, 2.24) is 5.32 Å². The molecule has 0 heterocycles. The van der Waals surface area contributed by atoms with E-state index >= 15 is 0 Å². The second-order valence-electron chi connectivity index (χ2n) is 6.88. The van der Waals surface area contributed by atoms with E-state index in [1.54, 1.807) is 0 Å². The maximum absolute atomic E-state index is 12.5. The van der Waals surface area contributed by atoms with Crippen LogP contribution in [0.3, 0.4) is 0 Å². The lowest BCUT2D eigenvalue weighted by molar-refractivity contribution is -0.139. The van der Waals surface area contributed by atoms with Gasteiger partial charge in [0, 0.05) is 14.5 Å². The van der Waals surface area contributed by atoms with Crippen LogP contribution >= 0.6 is 0 Å². The zero-order valence-electron chi connectivity index (χ0n) is 14.3. The monoisotopic (exact) mass is 377 g/mol. The lowest BCUT2D eigenvalue weighted by Crippen LogP contribution is -2.43. The van der Waals surface area contributed by atoms with Gasteiger partial charge < -0.3 is 15.2 Å². The van der Waals surface area contributed by atoms with Gasteiger partial charge in [0.1, 0.15) is 6.04 Å². The third kappa shape index (κ3) is 8.06. The molecule has 0 saturated carbocycles. The molecule has 9 heteroatoms. The number of carbonyl (C=O) groups excluding carboxylic acids is 1. The molecule has 0 saturated heterocycles. The number of carboxylic acid groups (broad SMARTS) is 1. The first kappa shape index (κ1) is 21.0. The van der Waals surface area contributed by atoms with Crippen LogP contribution in [-0.2, 0) is 22.1 Å². The number of hydrogen-bond donors (Lipinski definition) is 2. The first-order chi connectivity index (χ1) is 11.4. The van der Waals surface area contributed by atoms with Crippen molar-refractivity contribution < 1.29 is 32.6 Å². The fourth-order valence-corrected chi connectivity index (χ4v) is 2.61. The lowest BCUT2D eigenvalue weighted by Gasteiger charge is -2.18. The molecule has 0 bridgehead atoms. The average molecular weight is 377 g/mol. The van der Waals surface area contributed by atoms with Gasteiger partial charge in [0.2, 0.25) is 0 Å². The van der Waals surface area contributed by atoms with Gasteiger partial charge in [-0.3, -0.25) is 0 Å². The van der Waals surface area contributed by atoms with Crippen LogP contribution < -0.4 is 5.32 Å². The summed E-state index contributed by atoms with van der Waals surface area (Å²) >= 11 is 0. The molecule has 0 spiro atoms. The minimum absolute atomic E-state index is 0.142. The number of benzene rings is 1. The van der Waals surface area contributed by atoms with Crippen molar-refractivity contribution in [3.8, 4) is 0 Å². The minimum Gasteiger partial charge on any atom is -0.480 e. The second-order valence-corrected chi connectivity index (χ2v) is 12.5. The zero-order chi connectivity index (χ0) is 19.3.